The Hall–Kier alpha value is -4.17. The minimum atomic E-state index is -4.19. The summed E-state index contributed by atoms with van der Waals surface area (Å²) >= 11 is 0. The fourth-order valence-electron chi connectivity index (χ4n) is 4.58. The molecule has 0 unspecified atom stereocenters. The average molecular weight is 604 g/mol. The summed E-state index contributed by atoms with van der Waals surface area (Å²) < 4.78 is 53.7. The molecule has 0 saturated carbocycles. The molecule has 4 rings (SSSR count). The predicted molar refractivity (Wildman–Crippen MR) is 152 cm³/mol. The molecule has 12 nitrogen and oxygen atoms in total. The van der Waals surface area contributed by atoms with Gasteiger partial charge >= 0.3 is 6.03 Å². The van der Waals surface area contributed by atoms with Crippen molar-refractivity contribution in [1.82, 2.24) is 15.0 Å². The highest BCUT2D eigenvalue weighted by Crippen LogP contribution is 2.36. The number of nitrogens with zero attached hydrogens (tertiary/aromatic N) is 3. The molecule has 3 aromatic rings. The molecule has 2 aromatic carbocycles. The van der Waals surface area contributed by atoms with Gasteiger partial charge in [0.25, 0.3) is 15.9 Å². The van der Waals surface area contributed by atoms with Crippen molar-refractivity contribution in [1.29, 1.82) is 0 Å². The van der Waals surface area contributed by atoms with Crippen molar-refractivity contribution in [2.45, 2.75) is 44.7 Å². The summed E-state index contributed by atoms with van der Waals surface area (Å²) in [4.78, 5) is 29.5. The molecule has 226 valence electrons. The quantitative estimate of drug-likeness (QED) is 0.353. The van der Waals surface area contributed by atoms with Gasteiger partial charge in [-0.2, -0.15) is 0 Å². The van der Waals surface area contributed by atoms with E-state index in [0.29, 0.717) is 17.1 Å². The maximum atomic E-state index is 13.7. The largest absolute Gasteiger partial charge is 0.485 e. The lowest BCUT2D eigenvalue weighted by Crippen LogP contribution is -2.50. The zero-order valence-corrected chi connectivity index (χ0v) is 24.7. The third-order valence-electron chi connectivity index (χ3n) is 7.13. The number of aromatic nitrogens is 1. The number of carbonyl (C=O) groups is 2. The summed E-state index contributed by atoms with van der Waals surface area (Å²) in [6, 6.07) is 7.76. The fourth-order valence-corrected chi connectivity index (χ4v) is 5.64. The van der Waals surface area contributed by atoms with E-state index in [2.05, 4.69) is 15.2 Å². The molecule has 1 aliphatic heterocycles. The second kappa shape index (κ2) is 12.4. The van der Waals surface area contributed by atoms with Crippen LogP contribution in [0.1, 0.15) is 35.7 Å². The minimum absolute atomic E-state index is 0.0105. The minimum Gasteiger partial charge on any atom is -0.485 e. The van der Waals surface area contributed by atoms with E-state index in [-0.39, 0.29) is 47.5 Å². The monoisotopic (exact) mass is 603 g/mol. The van der Waals surface area contributed by atoms with E-state index in [1.807, 2.05) is 6.92 Å². The van der Waals surface area contributed by atoms with Crippen molar-refractivity contribution in [2.24, 2.45) is 5.92 Å². The summed E-state index contributed by atoms with van der Waals surface area (Å²) in [7, 11) is -2.62. The molecule has 0 spiro atoms. The van der Waals surface area contributed by atoms with Crippen LogP contribution in [0.2, 0.25) is 0 Å². The number of carbonyl (C=O) groups excluding carboxylic acids is 2. The summed E-state index contributed by atoms with van der Waals surface area (Å²) in [5.74, 6) is -0.982. The molecule has 0 bridgehead atoms. The van der Waals surface area contributed by atoms with Crippen LogP contribution in [0.15, 0.2) is 51.9 Å². The lowest BCUT2D eigenvalue weighted by molar-refractivity contribution is 0.0373. The number of urea groups is 1. The maximum Gasteiger partial charge on any atom is 0.321 e. The van der Waals surface area contributed by atoms with Gasteiger partial charge in [-0.3, -0.25) is 9.52 Å². The van der Waals surface area contributed by atoms with Crippen molar-refractivity contribution < 1.29 is 36.8 Å². The Labute approximate surface area is 243 Å². The number of aryl methyl sites for hydroxylation is 2. The maximum absolute atomic E-state index is 13.7. The number of halogens is 1. The predicted octanol–water partition coefficient (Wildman–Crippen LogP) is 3.62. The molecule has 1 aliphatic rings. The van der Waals surface area contributed by atoms with Crippen LogP contribution in [-0.4, -0.2) is 79.3 Å². The number of hydrogen-bond acceptors (Lipinski definition) is 8. The second-order valence-corrected chi connectivity index (χ2v) is 12.1. The van der Waals surface area contributed by atoms with Gasteiger partial charge in [-0.05, 0) is 57.2 Å². The summed E-state index contributed by atoms with van der Waals surface area (Å²) in [6.07, 6.45) is -0.706. The molecule has 2 heterocycles. The van der Waals surface area contributed by atoms with Crippen LogP contribution in [0, 0.1) is 25.6 Å². The van der Waals surface area contributed by atoms with Gasteiger partial charge in [0.1, 0.15) is 23.3 Å². The SMILES string of the molecule is Cc1noc(C)c1NC(=O)N(C)C[C@@H]1Oc2c(NS(=O)(=O)c3ccc(F)cc3)cccc2C(=O)N([C@@H](C)CO)C[C@H]1C. The molecule has 3 atom stereocenters. The first kappa shape index (κ1) is 30.8. The number of sulfonamides is 1. The number of hydrogen-bond donors (Lipinski definition) is 3. The number of para-hydroxylation sites is 1. The fraction of sp³-hybridized carbons (Fsp3) is 0.393. The van der Waals surface area contributed by atoms with Gasteiger partial charge in [0.15, 0.2) is 11.5 Å². The van der Waals surface area contributed by atoms with E-state index in [1.165, 1.54) is 28.0 Å². The Morgan fingerprint density at radius 2 is 1.93 bits per heavy atom. The molecule has 0 fully saturated rings. The highest BCUT2D eigenvalue weighted by atomic mass is 32.2. The lowest BCUT2D eigenvalue weighted by atomic mass is 9.99. The normalized spacial score (nSPS) is 17.9. The topological polar surface area (TPSA) is 154 Å². The van der Waals surface area contributed by atoms with Crippen molar-refractivity contribution in [3.8, 4) is 5.75 Å². The van der Waals surface area contributed by atoms with Crippen LogP contribution in [0.3, 0.4) is 0 Å². The van der Waals surface area contributed by atoms with E-state index >= 15 is 0 Å². The molecule has 3 N–H and O–H groups in total. The Morgan fingerprint density at radius 1 is 1.24 bits per heavy atom. The number of nitrogens with one attached hydrogen (secondary N) is 2. The summed E-state index contributed by atoms with van der Waals surface area (Å²) in [6.45, 7) is 6.88. The molecular formula is C28H34FN5O7S. The third-order valence-corrected chi connectivity index (χ3v) is 8.51. The summed E-state index contributed by atoms with van der Waals surface area (Å²) in [5.41, 5.74) is 1.04. The van der Waals surface area contributed by atoms with Gasteiger partial charge in [0.05, 0.1) is 35.3 Å². The zero-order chi connectivity index (χ0) is 30.8. The van der Waals surface area contributed by atoms with Crippen molar-refractivity contribution >= 4 is 33.3 Å². The van der Waals surface area contributed by atoms with Crippen LogP contribution >= 0.6 is 0 Å². The molecule has 0 radical (unpaired) electrons. The van der Waals surface area contributed by atoms with E-state index in [1.54, 1.807) is 27.8 Å². The molecule has 14 heteroatoms. The second-order valence-electron chi connectivity index (χ2n) is 10.4. The Kier molecular flexibility index (Phi) is 9.06. The van der Waals surface area contributed by atoms with Gasteiger partial charge in [0, 0.05) is 19.5 Å². The lowest BCUT2D eigenvalue weighted by Gasteiger charge is -2.38. The van der Waals surface area contributed by atoms with Crippen LogP contribution in [0.25, 0.3) is 0 Å². The number of rotatable bonds is 8. The first-order chi connectivity index (χ1) is 19.8. The number of fused-ring (bicyclic) bond motifs is 1. The molecule has 0 aliphatic carbocycles. The molecule has 1 aromatic heterocycles. The van der Waals surface area contributed by atoms with E-state index < -0.39 is 39.9 Å². The van der Waals surface area contributed by atoms with Crippen molar-refractivity contribution in [3.63, 3.8) is 0 Å². The standard InChI is InChI=1S/C28H34FN5O7S/c1-16-13-34(17(2)15-35)27(36)22-7-6-8-23(32-42(38,39)21-11-9-20(29)10-12-21)26(22)40-24(16)14-33(5)28(37)30-25-18(3)31-41-19(25)4/h6-12,16-17,24,32,35H,13-15H2,1-5H3,(H,30,37)/t16-,17+,24+/m1/s1. The van der Waals surface area contributed by atoms with Gasteiger partial charge in [-0.15, -0.1) is 0 Å². The van der Waals surface area contributed by atoms with Gasteiger partial charge in [0.2, 0.25) is 0 Å². The first-order valence-electron chi connectivity index (χ1n) is 13.3. The average Bonchev–Trinajstić information content (AvgIpc) is 3.26. The number of benzene rings is 2. The van der Waals surface area contributed by atoms with Crippen LogP contribution in [0.5, 0.6) is 5.75 Å². The van der Waals surface area contributed by atoms with Crippen molar-refractivity contribution in [3.05, 3.63) is 65.3 Å². The number of amides is 3. The molecule has 0 saturated heterocycles. The number of aliphatic hydroxyl groups is 1. The van der Waals surface area contributed by atoms with Gasteiger partial charge in [-0.25, -0.2) is 17.6 Å². The summed E-state index contributed by atoms with van der Waals surface area (Å²) in [5, 5.41) is 16.5. The Bertz CT molecular complexity index is 1540. The molecule has 42 heavy (non-hydrogen) atoms. The van der Waals surface area contributed by atoms with Crippen LogP contribution in [-0.2, 0) is 10.0 Å². The Balaban J connectivity index is 1.70. The third kappa shape index (κ3) is 6.49. The van der Waals surface area contributed by atoms with E-state index in [4.69, 9.17) is 9.26 Å². The smallest absolute Gasteiger partial charge is 0.321 e. The van der Waals surface area contributed by atoms with Gasteiger partial charge < -0.3 is 29.5 Å². The first-order valence-corrected chi connectivity index (χ1v) is 14.8. The number of likely N-dealkylation sites (N-methyl/N-ethyl adjacent to an activating group) is 1. The van der Waals surface area contributed by atoms with Crippen LogP contribution in [0.4, 0.5) is 20.6 Å². The number of aliphatic hydroxyl groups excluding tert-OH is 1. The Morgan fingerprint density at radius 3 is 2.55 bits per heavy atom. The van der Waals surface area contributed by atoms with Crippen molar-refractivity contribution in [2.75, 3.05) is 36.8 Å². The van der Waals surface area contributed by atoms with Crippen LogP contribution < -0.4 is 14.8 Å². The number of ether oxygens (including phenoxy) is 1. The zero-order valence-electron chi connectivity index (χ0n) is 23.9. The highest BCUT2D eigenvalue weighted by Gasteiger charge is 2.35. The van der Waals surface area contributed by atoms with E-state index in [0.717, 1.165) is 24.3 Å². The number of anilines is 2. The van der Waals surface area contributed by atoms with Gasteiger partial charge in [-0.1, -0.05) is 18.1 Å². The van der Waals surface area contributed by atoms with E-state index in [9.17, 15) is 27.5 Å². The molecular weight excluding hydrogens is 569 g/mol. The highest BCUT2D eigenvalue weighted by molar-refractivity contribution is 7.92. The molecule has 3 amide bonds.